The predicted molar refractivity (Wildman–Crippen MR) is 60.5 cm³/mol. The Kier molecular flexibility index (Phi) is 2.77. The van der Waals surface area contributed by atoms with Crippen molar-refractivity contribution < 1.29 is 13.3 Å². The van der Waals surface area contributed by atoms with Gasteiger partial charge in [-0.1, -0.05) is 0 Å². The van der Waals surface area contributed by atoms with E-state index in [4.69, 9.17) is 0 Å². The summed E-state index contributed by atoms with van der Waals surface area (Å²) in [6, 6.07) is -0.298. The van der Waals surface area contributed by atoms with Gasteiger partial charge in [0.15, 0.2) is 9.84 Å². The number of sulfone groups is 1. The molecule has 1 saturated heterocycles. The molecule has 0 amide bonds. The first kappa shape index (κ1) is 11.8. The molecule has 0 aromatic carbocycles. The van der Waals surface area contributed by atoms with Crippen molar-refractivity contribution >= 4 is 21.3 Å². The Labute approximate surface area is 97.7 Å². The lowest BCUT2D eigenvalue weighted by Gasteiger charge is -2.08. The summed E-state index contributed by atoms with van der Waals surface area (Å²) in [6.45, 7) is 0. The minimum Gasteiger partial charge on any atom is -0.359 e. The average Bonchev–Trinajstić information content (AvgIpc) is 2.70. The van der Waals surface area contributed by atoms with Crippen molar-refractivity contribution in [1.82, 2.24) is 9.78 Å². The third-order valence-electron chi connectivity index (χ3n) is 2.58. The van der Waals surface area contributed by atoms with E-state index < -0.39 is 14.8 Å². The fourth-order valence-electron chi connectivity index (χ4n) is 1.81. The molecular weight excluding hydrogens is 248 g/mol. The van der Waals surface area contributed by atoms with Gasteiger partial charge in [-0.3, -0.25) is 14.8 Å². The van der Waals surface area contributed by atoms with E-state index >= 15 is 0 Å². The van der Waals surface area contributed by atoms with Crippen molar-refractivity contribution in [2.75, 3.05) is 16.8 Å². The maximum Gasteiger partial charge on any atom is 0.330 e. The van der Waals surface area contributed by atoms with Crippen LogP contribution >= 0.6 is 0 Å². The average molecular weight is 260 g/mol. The zero-order valence-corrected chi connectivity index (χ0v) is 9.98. The van der Waals surface area contributed by atoms with Crippen LogP contribution in [0.4, 0.5) is 11.5 Å². The van der Waals surface area contributed by atoms with Gasteiger partial charge >= 0.3 is 5.69 Å². The summed E-state index contributed by atoms with van der Waals surface area (Å²) in [6.07, 6.45) is 1.74. The first-order valence-electron chi connectivity index (χ1n) is 5.02. The molecule has 1 aliphatic rings. The Morgan fingerprint density at radius 1 is 1.65 bits per heavy atom. The normalized spacial score (nSPS) is 22.5. The SMILES string of the molecule is Cn1cc([N+](=O)[O-])c(NC2CCS(=O)(=O)C2)n1. The number of aryl methyl sites for hydroxylation is 1. The van der Waals surface area contributed by atoms with E-state index in [9.17, 15) is 18.5 Å². The summed E-state index contributed by atoms with van der Waals surface area (Å²) < 4.78 is 23.8. The lowest BCUT2D eigenvalue weighted by Crippen LogP contribution is -2.21. The molecule has 0 bridgehead atoms. The number of nitro groups is 1. The molecule has 1 N–H and O–H groups in total. The second-order valence-corrected chi connectivity index (χ2v) is 6.27. The Balaban J connectivity index is 2.17. The van der Waals surface area contributed by atoms with Crippen molar-refractivity contribution in [1.29, 1.82) is 0 Å². The van der Waals surface area contributed by atoms with Crippen molar-refractivity contribution in [2.45, 2.75) is 12.5 Å². The number of anilines is 1. The molecule has 2 heterocycles. The molecule has 0 spiro atoms. The predicted octanol–water partition coefficient (Wildman–Crippen LogP) is -0.0727. The number of hydrogen-bond acceptors (Lipinski definition) is 6. The minimum absolute atomic E-state index is 0.000723. The van der Waals surface area contributed by atoms with Gasteiger partial charge in [-0.2, -0.15) is 0 Å². The van der Waals surface area contributed by atoms with Crippen molar-refractivity contribution in [3.63, 3.8) is 0 Å². The molecule has 1 aromatic heterocycles. The lowest BCUT2D eigenvalue weighted by molar-refractivity contribution is -0.384. The van der Waals surface area contributed by atoms with Crippen molar-refractivity contribution in [2.24, 2.45) is 7.05 Å². The van der Waals surface area contributed by atoms with E-state index in [1.54, 1.807) is 7.05 Å². The lowest BCUT2D eigenvalue weighted by atomic mass is 10.2. The van der Waals surface area contributed by atoms with Crippen LogP contribution in [0.15, 0.2) is 6.20 Å². The maximum atomic E-state index is 11.3. The highest BCUT2D eigenvalue weighted by Crippen LogP contribution is 2.24. The fraction of sp³-hybridized carbons (Fsp3) is 0.625. The summed E-state index contributed by atoms with van der Waals surface area (Å²) in [5.74, 6) is 0.242. The van der Waals surface area contributed by atoms with Crippen LogP contribution in [0.3, 0.4) is 0 Å². The van der Waals surface area contributed by atoms with Gasteiger partial charge in [0.25, 0.3) is 0 Å². The van der Waals surface area contributed by atoms with Gasteiger partial charge in [0, 0.05) is 13.1 Å². The van der Waals surface area contributed by atoms with E-state index in [0.29, 0.717) is 6.42 Å². The molecule has 1 fully saturated rings. The highest BCUT2D eigenvalue weighted by atomic mass is 32.2. The molecule has 2 rings (SSSR count). The molecule has 1 aliphatic heterocycles. The largest absolute Gasteiger partial charge is 0.359 e. The number of nitrogens with one attached hydrogen (secondary N) is 1. The maximum absolute atomic E-state index is 11.3. The monoisotopic (exact) mass is 260 g/mol. The fourth-order valence-corrected chi connectivity index (χ4v) is 3.49. The third kappa shape index (κ3) is 2.54. The molecule has 0 saturated carbocycles. The second-order valence-electron chi connectivity index (χ2n) is 4.04. The van der Waals surface area contributed by atoms with Crippen LogP contribution in [-0.4, -0.2) is 40.7 Å². The summed E-state index contributed by atoms with van der Waals surface area (Å²) in [5, 5.41) is 17.5. The Bertz CT molecular complexity index is 550. The molecular formula is C8H12N4O4S. The summed E-state index contributed by atoms with van der Waals surface area (Å²) >= 11 is 0. The van der Waals surface area contributed by atoms with Gasteiger partial charge in [-0.25, -0.2) is 8.42 Å². The van der Waals surface area contributed by atoms with Gasteiger partial charge in [-0.05, 0) is 6.42 Å². The first-order valence-corrected chi connectivity index (χ1v) is 6.84. The van der Waals surface area contributed by atoms with E-state index in [-0.39, 0.29) is 29.1 Å². The van der Waals surface area contributed by atoms with Crippen LogP contribution in [0.1, 0.15) is 6.42 Å². The van der Waals surface area contributed by atoms with E-state index in [1.165, 1.54) is 10.9 Å². The zero-order valence-electron chi connectivity index (χ0n) is 9.16. The molecule has 17 heavy (non-hydrogen) atoms. The van der Waals surface area contributed by atoms with E-state index in [0.717, 1.165) is 0 Å². The minimum atomic E-state index is -3.01. The van der Waals surface area contributed by atoms with Gasteiger partial charge < -0.3 is 5.32 Å². The van der Waals surface area contributed by atoms with E-state index in [1.807, 2.05) is 0 Å². The highest BCUT2D eigenvalue weighted by molar-refractivity contribution is 7.91. The molecule has 8 nitrogen and oxygen atoms in total. The van der Waals surface area contributed by atoms with Crippen LogP contribution in [-0.2, 0) is 16.9 Å². The number of hydrogen-bond donors (Lipinski definition) is 1. The summed E-state index contributed by atoms with van der Waals surface area (Å²) in [5.41, 5.74) is -0.142. The number of nitrogens with zero attached hydrogens (tertiary/aromatic N) is 3. The molecule has 0 radical (unpaired) electrons. The van der Waals surface area contributed by atoms with Crippen LogP contribution < -0.4 is 5.32 Å². The molecule has 94 valence electrons. The molecule has 1 unspecified atom stereocenters. The van der Waals surface area contributed by atoms with Crippen LogP contribution in [0.2, 0.25) is 0 Å². The Morgan fingerprint density at radius 3 is 2.88 bits per heavy atom. The molecule has 1 atom stereocenters. The summed E-state index contributed by atoms with van der Waals surface area (Å²) in [7, 11) is -1.44. The number of aromatic nitrogens is 2. The molecule has 1 aromatic rings. The van der Waals surface area contributed by atoms with Crippen LogP contribution in [0.25, 0.3) is 0 Å². The standard InChI is InChI=1S/C8H12N4O4S/c1-11-4-7(12(13)14)8(10-11)9-6-2-3-17(15,16)5-6/h4,6H,2-3,5H2,1H3,(H,9,10). The van der Waals surface area contributed by atoms with Gasteiger partial charge in [0.05, 0.1) is 16.4 Å². The van der Waals surface area contributed by atoms with Gasteiger partial charge in [0.1, 0.15) is 6.20 Å². The molecule has 9 heteroatoms. The van der Waals surface area contributed by atoms with Gasteiger partial charge in [0.2, 0.25) is 5.82 Å². The smallest absolute Gasteiger partial charge is 0.330 e. The van der Waals surface area contributed by atoms with E-state index in [2.05, 4.69) is 10.4 Å². The highest BCUT2D eigenvalue weighted by Gasteiger charge is 2.30. The second kappa shape index (κ2) is 3.99. The first-order chi connectivity index (χ1) is 7.87. The van der Waals surface area contributed by atoms with Gasteiger partial charge in [-0.15, -0.1) is 5.10 Å². The number of rotatable bonds is 3. The van der Waals surface area contributed by atoms with Crippen LogP contribution in [0, 0.1) is 10.1 Å². The van der Waals surface area contributed by atoms with Crippen LogP contribution in [0.5, 0.6) is 0 Å². The Hall–Kier alpha value is -1.64. The quantitative estimate of drug-likeness (QED) is 0.602. The van der Waals surface area contributed by atoms with Crippen molar-refractivity contribution in [3.8, 4) is 0 Å². The Morgan fingerprint density at radius 2 is 2.35 bits per heavy atom. The third-order valence-corrected chi connectivity index (χ3v) is 4.35. The zero-order chi connectivity index (χ0) is 12.6. The topological polar surface area (TPSA) is 107 Å². The summed E-state index contributed by atoms with van der Waals surface area (Å²) in [4.78, 5) is 10.2. The molecule has 0 aliphatic carbocycles. The van der Waals surface area contributed by atoms with Crippen molar-refractivity contribution in [3.05, 3.63) is 16.3 Å².